The maximum absolute atomic E-state index is 6.89. The zero-order valence-corrected chi connectivity index (χ0v) is 27.5. The lowest BCUT2D eigenvalue weighted by Gasteiger charge is -2.29. The Bertz CT molecular complexity index is 2650. The second-order valence-corrected chi connectivity index (χ2v) is 12.9. The van der Waals surface area contributed by atoms with Crippen molar-refractivity contribution in [2.75, 3.05) is 10.6 Å². The standard InChI is InChI=1S/C46H31N3O2/c1-3-12-30(13-4-1)43-44(31-14-5-2-6-15-31)48-39-27-35(20-23-38(39)47-43)37-22-24-41-45(46(37)50-36-21-19-29-11-7-8-16-32(29)25-36)49-40-26-33-17-9-10-18-34(33)28-42(40)51-41/h1-28,43,47,49H. The highest BCUT2D eigenvalue weighted by Gasteiger charge is 2.28. The number of hydrogen-bond donors (Lipinski definition) is 2. The van der Waals surface area contributed by atoms with Crippen molar-refractivity contribution in [3.05, 3.63) is 181 Å². The molecule has 0 bridgehead atoms. The van der Waals surface area contributed by atoms with E-state index in [1.165, 1.54) is 0 Å². The number of nitrogens with one attached hydrogen (secondary N) is 2. The third-order valence-electron chi connectivity index (χ3n) is 9.71. The van der Waals surface area contributed by atoms with Gasteiger partial charge in [0.05, 0.1) is 28.8 Å². The zero-order chi connectivity index (χ0) is 33.7. The van der Waals surface area contributed by atoms with E-state index in [0.29, 0.717) is 11.5 Å². The molecule has 242 valence electrons. The van der Waals surface area contributed by atoms with Crippen LogP contribution in [0.25, 0.3) is 32.7 Å². The van der Waals surface area contributed by atoms with Gasteiger partial charge >= 0.3 is 0 Å². The van der Waals surface area contributed by atoms with Gasteiger partial charge in [-0.2, -0.15) is 0 Å². The number of benzene rings is 8. The highest BCUT2D eigenvalue weighted by Crippen LogP contribution is 2.53. The molecule has 0 fully saturated rings. The number of ether oxygens (including phenoxy) is 2. The van der Waals surface area contributed by atoms with Crippen molar-refractivity contribution in [3.63, 3.8) is 0 Å². The molecule has 0 saturated carbocycles. The van der Waals surface area contributed by atoms with Gasteiger partial charge in [0.1, 0.15) is 11.4 Å². The summed E-state index contributed by atoms with van der Waals surface area (Å²) in [5.74, 6) is 2.90. The van der Waals surface area contributed by atoms with Crippen LogP contribution < -0.4 is 20.1 Å². The molecule has 8 aromatic rings. The quantitative estimate of drug-likeness (QED) is 0.193. The molecule has 51 heavy (non-hydrogen) atoms. The SMILES string of the molecule is c1ccc(C2=Nc3cc(-c4ccc5c(c4Oc4ccc6ccccc6c4)Nc4cc6ccccc6cc4O5)ccc3NC2c2ccccc2)cc1. The summed E-state index contributed by atoms with van der Waals surface area (Å²) in [5.41, 5.74) is 8.63. The maximum atomic E-state index is 6.89. The highest BCUT2D eigenvalue weighted by molar-refractivity contribution is 6.10. The van der Waals surface area contributed by atoms with E-state index >= 15 is 0 Å². The van der Waals surface area contributed by atoms with Crippen molar-refractivity contribution in [2.45, 2.75) is 6.04 Å². The third-order valence-corrected chi connectivity index (χ3v) is 9.71. The fourth-order valence-corrected chi connectivity index (χ4v) is 7.16. The van der Waals surface area contributed by atoms with Crippen LogP contribution in [-0.2, 0) is 0 Å². The van der Waals surface area contributed by atoms with Crippen LogP contribution in [0, 0.1) is 0 Å². The minimum atomic E-state index is -0.0833. The summed E-state index contributed by atoms with van der Waals surface area (Å²) in [4.78, 5) is 5.33. The van der Waals surface area contributed by atoms with E-state index in [-0.39, 0.29) is 6.04 Å². The Morgan fingerprint density at radius 1 is 0.529 bits per heavy atom. The highest BCUT2D eigenvalue weighted by atomic mass is 16.5. The number of fused-ring (bicyclic) bond motifs is 5. The van der Waals surface area contributed by atoms with Crippen molar-refractivity contribution in [2.24, 2.45) is 4.99 Å². The van der Waals surface area contributed by atoms with Gasteiger partial charge in [-0.05, 0) is 86.8 Å². The fourth-order valence-electron chi connectivity index (χ4n) is 7.16. The predicted octanol–water partition coefficient (Wildman–Crippen LogP) is 12.6. The van der Waals surface area contributed by atoms with Crippen molar-refractivity contribution >= 4 is 50.0 Å². The van der Waals surface area contributed by atoms with Crippen LogP contribution in [-0.4, -0.2) is 5.71 Å². The van der Waals surface area contributed by atoms with E-state index in [0.717, 1.165) is 83.8 Å². The molecule has 1 unspecified atom stereocenters. The molecule has 0 aromatic heterocycles. The van der Waals surface area contributed by atoms with Crippen molar-refractivity contribution in [3.8, 4) is 34.1 Å². The van der Waals surface area contributed by atoms with E-state index in [1.807, 2.05) is 36.4 Å². The fraction of sp³-hybridized carbons (Fsp3) is 0.0217. The average Bonchev–Trinajstić information content (AvgIpc) is 3.19. The average molecular weight is 658 g/mol. The van der Waals surface area contributed by atoms with Crippen LogP contribution >= 0.6 is 0 Å². The molecule has 8 aromatic carbocycles. The van der Waals surface area contributed by atoms with Gasteiger partial charge in [0, 0.05) is 5.56 Å². The minimum Gasteiger partial charge on any atom is -0.454 e. The maximum Gasteiger partial charge on any atom is 0.162 e. The van der Waals surface area contributed by atoms with Crippen LogP contribution in [0.15, 0.2) is 175 Å². The number of aliphatic imine (C=N–C) groups is 1. The zero-order valence-electron chi connectivity index (χ0n) is 27.5. The van der Waals surface area contributed by atoms with Crippen LogP contribution in [0.4, 0.5) is 22.7 Å². The summed E-state index contributed by atoms with van der Waals surface area (Å²) < 4.78 is 13.4. The minimum absolute atomic E-state index is 0.0833. The molecule has 0 amide bonds. The van der Waals surface area contributed by atoms with Gasteiger partial charge in [0.2, 0.25) is 0 Å². The second kappa shape index (κ2) is 11.9. The van der Waals surface area contributed by atoms with Gasteiger partial charge in [-0.3, -0.25) is 0 Å². The summed E-state index contributed by atoms with van der Waals surface area (Å²) >= 11 is 0. The molecule has 0 spiro atoms. The first-order chi connectivity index (χ1) is 25.2. The number of anilines is 3. The molecule has 0 saturated heterocycles. The Balaban J connectivity index is 1.11. The predicted molar refractivity (Wildman–Crippen MR) is 209 cm³/mol. The Labute approximate surface area is 295 Å². The largest absolute Gasteiger partial charge is 0.454 e. The van der Waals surface area contributed by atoms with E-state index in [1.54, 1.807) is 0 Å². The van der Waals surface area contributed by atoms with E-state index < -0.39 is 0 Å². The lowest BCUT2D eigenvalue weighted by molar-refractivity contribution is 0.462. The molecule has 2 aliphatic rings. The van der Waals surface area contributed by atoms with Crippen molar-refractivity contribution in [1.29, 1.82) is 0 Å². The normalized spacial score (nSPS) is 14.3. The lowest BCUT2D eigenvalue weighted by Crippen LogP contribution is -2.24. The van der Waals surface area contributed by atoms with E-state index in [2.05, 4.69) is 144 Å². The molecule has 2 heterocycles. The monoisotopic (exact) mass is 657 g/mol. The first-order valence-corrected chi connectivity index (χ1v) is 17.1. The van der Waals surface area contributed by atoms with E-state index in [4.69, 9.17) is 14.5 Å². The van der Waals surface area contributed by atoms with Crippen molar-refractivity contribution < 1.29 is 9.47 Å². The Hall–Kier alpha value is -6.85. The molecule has 2 N–H and O–H groups in total. The molecule has 0 aliphatic carbocycles. The van der Waals surface area contributed by atoms with Crippen LogP contribution in [0.5, 0.6) is 23.0 Å². The van der Waals surface area contributed by atoms with Crippen LogP contribution in [0.2, 0.25) is 0 Å². The molecule has 0 radical (unpaired) electrons. The molecule has 5 nitrogen and oxygen atoms in total. The van der Waals surface area contributed by atoms with Crippen molar-refractivity contribution in [1.82, 2.24) is 0 Å². The lowest BCUT2D eigenvalue weighted by atomic mass is 9.93. The second-order valence-electron chi connectivity index (χ2n) is 12.9. The van der Waals surface area contributed by atoms with Gasteiger partial charge in [0.15, 0.2) is 17.2 Å². The summed E-state index contributed by atoms with van der Waals surface area (Å²) in [6.07, 6.45) is 0. The Morgan fingerprint density at radius 2 is 1.24 bits per heavy atom. The Kier molecular flexibility index (Phi) is 6.81. The van der Waals surface area contributed by atoms with Gasteiger partial charge in [-0.1, -0.05) is 121 Å². The Morgan fingerprint density at radius 3 is 2.04 bits per heavy atom. The van der Waals surface area contributed by atoms with Crippen LogP contribution in [0.1, 0.15) is 17.2 Å². The number of hydrogen-bond acceptors (Lipinski definition) is 5. The summed E-state index contributed by atoms with van der Waals surface area (Å²) in [5, 5.41) is 12.0. The summed E-state index contributed by atoms with van der Waals surface area (Å²) in [6.45, 7) is 0. The van der Waals surface area contributed by atoms with Gasteiger partial charge < -0.3 is 20.1 Å². The summed E-state index contributed by atoms with van der Waals surface area (Å²) in [7, 11) is 0. The first-order valence-electron chi connectivity index (χ1n) is 17.1. The number of nitrogens with zero attached hydrogens (tertiary/aromatic N) is 1. The smallest absolute Gasteiger partial charge is 0.162 e. The molecule has 2 aliphatic heterocycles. The van der Waals surface area contributed by atoms with Gasteiger partial charge in [0.25, 0.3) is 0 Å². The van der Waals surface area contributed by atoms with Gasteiger partial charge in [-0.15, -0.1) is 0 Å². The molecular formula is C46H31N3O2. The van der Waals surface area contributed by atoms with Gasteiger partial charge in [-0.25, -0.2) is 4.99 Å². The molecule has 1 atom stereocenters. The summed E-state index contributed by atoms with van der Waals surface area (Å²) in [6, 6.07) is 58.4. The number of rotatable bonds is 5. The molecule has 5 heteroatoms. The van der Waals surface area contributed by atoms with E-state index in [9.17, 15) is 0 Å². The third kappa shape index (κ3) is 5.23. The molecular weight excluding hydrogens is 627 g/mol. The van der Waals surface area contributed by atoms with Crippen LogP contribution in [0.3, 0.4) is 0 Å². The first kappa shape index (κ1) is 29.1. The topological polar surface area (TPSA) is 54.9 Å². The molecule has 10 rings (SSSR count).